The zero-order valence-electron chi connectivity index (χ0n) is 11.8. The van der Waals surface area contributed by atoms with Crippen molar-refractivity contribution in [2.75, 3.05) is 33.2 Å². The number of hydrogen-bond acceptors (Lipinski definition) is 2. The third kappa shape index (κ3) is 5.51. The number of piperazine rings is 1. The van der Waals surface area contributed by atoms with Crippen molar-refractivity contribution in [3.63, 3.8) is 0 Å². The molecule has 21 heavy (non-hydrogen) atoms. The van der Waals surface area contributed by atoms with Crippen LogP contribution in [-0.2, 0) is 4.79 Å². The molecule has 0 unspecified atom stereocenters. The van der Waals surface area contributed by atoms with Gasteiger partial charge in [0.2, 0.25) is 5.91 Å². The Bertz CT molecular complexity index is 398. The van der Waals surface area contributed by atoms with Crippen LogP contribution in [0.2, 0.25) is 0 Å². The highest BCUT2D eigenvalue weighted by Crippen LogP contribution is 2.28. The van der Waals surface area contributed by atoms with Gasteiger partial charge in [-0.3, -0.25) is 9.79 Å². The highest BCUT2D eigenvalue weighted by atomic mass is 127. The van der Waals surface area contributed by atoms with E-state index in [9.17, 15) is 18.0 Å². The van der Waals surface area contributed by atoms with Crippen LogP contribution < -0.4 is 5.32 Å². The van der Waals surface area contributed by atoms with E-state index in [1.165, 1.54) is 7.05 Å². The second-order valence-corrected chi connectivity index (χ2v) is 5.08. The van der Waals surface area contributed by atoms with E-state index in [1.54, 1.807) is 4.90 Å². The molecule has 1 saturated carbocycles. The summed E-state index contributed by atoms with van der Waals surface area (Å²) in [6, 6.07) is 0.379. The maximum Gasteiger partial charge on any atom is 0.390 e. The lowest BCUT2D eigenvalue weighted by Gasteiger charge is -2.36. The predicted octanol–water partition coefficient (Wildman–Crippen LogP) is 1.44. The van der Waals surface area contributed by atoms with Gasteiger partial charge in [0.05, 0.1) is 13.0 Å². The molecule has 2 rings (SSSR count). The first-order valence-corrected chi connectivity index (χ1v) is 6.72. The van der Waals surface area contributed by atoms with E-state index in [1.807, 2.05) is 4.90 Å². The number of nitrogens with zero attached hydrogens (tertiary/aromatic N) is 3. The lowest BCUT2D eigenvalue weighted by molar-refractivity contribution is -0.136. The van der Waals surface area contributed by atoms with Crippen LogP contribution in [0.1, 0.15) is 19.3 Å². The minimum atomic E-state index is -4.19. The highest BCUT2D eigenvalue weighted by molar-refractivity contribution is 14.0. The van der Waals surface area contributed by atoms with Crippen LogP contribution in [0.3, 0.4) is 0 Å². The molecule has 2 aliphatic rings. The molecule has 1 aliphatic heterocycles. The van der Waals surface area contributed by atoms with Crippen molar-refractivity contribution in [2.24, 2.45) is 4.99 Å². The fraction of sp³-hybridized carbons (Fsp3) is 0.833. The molecular weight excluding hydrogens is 400 g/mol. The number of alkyl halides is 3. The second kappa shape index (κ2) is 7.50. The Morgan fingerprint density at radius 1 is 1.38 bits per heavy atom. The summed E-state index contributed by atoms with van der Waals surface area (Å²) in [5, 5.41) is 2.66. The normalized spacial score (nSPS) is 20.4. The monoisotopic (exact) mass is 420 g/mol. The van der Waals surface area contributed by atoms with Gasteiger partial charge >= 0.3 is 6.18 Å². The summed E-state index contributed by atoms with van der Waals surface area (Å²) in [4.78, 5) is 19.5. The third-order valence-corrected chi connectivity index (χ3v) is 3.45. The smallest absolute Gasteiger partial charge is 0.356 e. The summed E-state index contributed by atoms with van der Waals surface area (Å²) < 4.78 is 36.3. The zero-order valence-corrected chi connectivity index (χ0v) is 14.1. The average Bonchev–Trinajstić information content (AvgIpc) is 3.17. The SMILES string of the molecule is CN=C(NCCC(F)(F)F)N1CCN(C2CC2)C(=O)C1.I. The van der Waals surface area contributed by atoms with Crippen LogP contribution in [-0.4, -0.2) is 67.1 Å². The topological polar surface area (TPSA) is 47.9 Å². The molecule has 0 spiro atoms. The van der Waals surface area contributed by atoms with Gasteiger partial charge in [-0.1, -0.05) is 0 Å². The van der Waals surface area contributed by atoms with Crippen molar-refractivity contribution >= 4 is 35.8 Å². The second-order valence-electron chi connectivity index (χ2n) is 5.08. The molecule has 1 heterocycles. The molecule has 2 fully saturated rings. The number of nitrogens with one attached hydrogen (secondary N) is 1. The molecule has 0 aromatic rings. The molecule has 5 nitrogen and oxygen atoms in total. The van der Waals surface area contributed by atoms with E-state index in [2.05, 4.69) is 10.3 Å². The van der Waals surface area contributed by atoms with Gasteiger partial charge in [0.15, 0.2) is 5.96 Å². The van der Waals surface area contributed by atoms with E-state index in [0.29, 0.717) is 25.1 Å². The van der Waals surface area contributed by atoms with Gasteiger partial charge in [-0.15, -0.1) is 24.0 Å². The van der Waals surface area contributed by atoms with Gasteiger partial charge < -0.3 is 15.1 Å². The van der Waals surface area contributed by atoms with Crippen molar-refractivity contribution in [1.29, 1.82) is 0 Å². The summed E-state index contributed by atoms with van der Waals surface area (Å²) in [7, 11) is 1.51. The quantitative estimate of drug-likeness (QED) is 0.427. The first-order chi connectivity index (χ1) is 9.40. The van der Waals surface area contributed by atoms with Crippen LogP contribution in [0.25, 0.3) is 0 Å². The average molecular weight is 420 g/mol. The number of amides is 1. The van der Waals surface area contributed by atoms with Crippen molar-refractivity contribution in [3.05, 3.63) is 0 Å². The summed E-state index contributed by atoms with van der Waals surface area (Å²) in [6.45, 7) is 1.17. The van der Waals surface area contributed by atoms with E-state index in [-0.39, 0.29) is 43.0 Å². The Labute approximate surface area is 139 Å². The van der Waals surface area contributed by atoms with Crippen molar-refractivity contribution in [2.45, 2.75) is 31.5 Å². The van der Waals surface area contributed by atoms with E-state index >= 15 is 0 Å². The first kappa shape index (κ1) is 18.3. The highest BCUT2D eigenvalue weighted by Gasteiger charge is 2.36. The number of guanidine groups is 1. The summed E-state index contributed by atoms with van der Waals surface area (Å²) in [5.74, 6) is 0.385. The predicted molar refractivity (Wildman–Crippen MR) is 83.8 cm³/mol. The fourth-order valence-electron chi connectivity index (χ4n) is 2.29. The maximum absolute atomic E-state index is 12.1. The number of aliphatic imine (C=N–C) groups is 1. The number of carbonyl (C=O) groups is 1. The van der Waals surface area contributed by atoms with Crippen LogP contribution in [0.5, 0.6) is 0 Å². The molecule has 0 bridgehead atoms. The molecule has 1 N–H and O–H groups in total. The van der Waals surface area contributed by atoms with Crippen molar-refractivity contribution in [3.8, 4) is 0 Å². The molecule has 122 valence electrons. The standard InChI is InChI=1S/C12H19F3N4O.HI/c1-16-11(17-5-4-12(13,14)15)18-6-7-19(9-2-3-9)10(20)8-18;/h9H,2-8H2,1H3,(H,16,17);1H. The minimum Gasteiger partial charge on any atom is -0.356 e. The molecule has 0 atom stereocenters. The van der Waals surface area contributed by atoms with Gasteiger partial charge in [0, 0.05) is 32.7 Å². The molecule has 1 saturated heterocycles. The summed E-state index contributed by atoms with van der Waals surface area (Å²) in [6.07, 6.45) is -2.98. The number of carbonyl (C=O) groups excluding carboxylic acids is 1. The number of halogens is 4. The fourth-order valence-corrected chi connectivity index (χ4v) is 2.29. The molecule has 1 aliphatic carbocycles. The Morgan fingerprint density at radius 2 is 2.05 bits per heavy atom. The largest absolute Gasteiger partial charge is 0.390 e. The van der Waals surface area contributed by atoms with E-state index in [4.69, 9.17) is 0 Å². The van der Waals surface area contributed by atoms with Crippen molar-refractivity contribution < 1.29 is 18.0 Å². The Morgan fingerprint density at radius 3 is 2.52 bits per heavy atom. The van der Waals surface area contributed by atoms with Gasteiger partial charge in [-0.25, -0.2) is 0 Å². The molecular formula is C12H20F3IN4O. The first-order valence-electron chi connectivity index (χ1n) is 6.72. The van der Waals surface area contributed by atoms with Crippen LogP contribution in [0.15, 0.2) is 4.99 Å². The lowest BCUT2D eigenvalue weighted by atomic mass is 10.3. The van der Waals surface area contributed by atoms with Gasteiger partial charge in [0.1, 0.15) is 0 Å². The van der Waals surface area contributed by atoms with Crippen LogP contribution in [0.4, 0.5) is 13.2 Å². The Hall–Kier alpha value is -0.740. The molecule has 0 aromatic heterocycles. The molecule has 0 radical (unpaired) electrons. The van der Waals surface area contributed by atoms with E-state index in [0.717, 1.165) is 12.8 Å². The third-order valence-electron chi connectivity index (χ3n) is 3.45. The van der Waals surface area contributed by atoms with Crippen molar-refractivity contribution in [1.82, 2.24) is 15.1 Å². The summed E-state index contributed by atoms with van der Waals surface area (Å²) >= 11 is 0. The van der Waals surface area contributed by atoms with E-state index < -0.39 is 12.6 Å². The minimum absolute atomic E-state index is 0. The number of hydrogen-bond donors (Lipinski definition) is 1. The Kier molecular flexibility index (Phi) is 6.54. The molecule has 1 amide bonds. The van der Waals surface area contributed by atoms with Crippen LogP contribution in [0, 0.1) is 0 Å². The van der Waals surface area contributed by atoms with Crippen LogP contribution >= 0.6 is 24.0 Å². The molecule has 9 heteroatoms. The van der Waals surface area contributed by atoms with Gasteiger partial charge in [0.25, 0.3) is 0 Å². The van der Waals surface area contributed by atoms with Gasteiger partial charge in [-0.2, -0.15) is 13.2 Å². The maximum atomic E-state index is 12.1. The zero-order chi connectivity index (χ0) is 14.8. The lowest BCUT2D eigenvalue weighted by Crippen LogP contribution is -2.55. The van der Waals surface area contributed by atoms with Gasteiger partial charge in [-0.05, 0) is 12.8 Å². The molecule has 0 aromatic carbocycles. The Balaban J connectivity index is 0.00000220. The summed E-state index contributed by atoms with van der Waals surface area (Å²) in [5.41, 5.74) is 0. The number of rotatable bonds is 3.